The molecule has 1 aliphatic rings. The predicted octanol–water partition coefficient (Wildman–Crippen LogP) is 1.08. The number of amides is 1. The lowest BCUT2D eigenvalue weighted by atomic mass is 9.91. The maximum absolute atomic E-state index is 12.2. The molecule has 118 valence electrons. The first-order valence-corrected chi connectivity index (χ1v) is 7.12. The van der Waals surface area contributed by atoms with E-state index >= 15 is 0 Å². The molecular formula is C14H19ClN6O. The Kier molecular flexibility index (Phi) is 5.46. The summed E-state index contributed by atoms with van der Waals surface area (Å²) in [4.78, 5) is 12.2. The van der Waals surface area contributed by atoms with Gasteiger partial charge in [-0.3, -0.25) is 4.79 Å². The summed E-state index contributed by atoms with van der Waals surface area (Å²) < 4.78 is 1.55. The number of carbonyl (C=O) groups excluding carboxylic acids is 1. The first-order valence-electron chi connectivity index (χ1n) is 7.12. The number of hydrogen-bond acceptors (Lipinski definition) is 5. The minimum atomic E-state index is -0.0428. The molecular weight excluding hydrogens is 304 g/mol. The van der Waals surface area contributed by atoms with E-state index in [9.17, 15) is 4.79 Å². The first-order chi connectivity index (χ1) is 10.2. The Labute approximate surface area is 134 Å². The van der Waals surface area contributed by atoms with Crippen molar-refractivity contribution in [3.8, 4) is 5.69 Å². The van der Waals surface area contributed by atoms with Crippen molar-refractivity contribution in [2.45, 2.75) is 37.8 Å². The van der Waals surface area contributed by atoms with Crippen LogP contribution in [0.2, 0.25) is 0 Å². The average Bonchev–Trinajstić information content (AvgIpc) is 3.04. The Balaban J connectivity index is 0.00000176. The molecule has 0 atom stereocenters. The zero-order valence-electron chi connectivity index (χ0n) is 12.1. The van der Waals surface area contributed by atoms with Gasteiger partial charge in [0, 0.05) is 17.6 Å². The second-order valence-electron chi connectivity index (χ2n) is 5.39. The van der Waals surface area contributed by atoms with Crippen molar-refractivity contribution in [1.82, 2.24) is 25.5 Å². The summed E-state index contributed by atoms with van der Waals surface area (Å²) in [6, 6.07) is 7.72. The SMILES string of the molecule is Cl.NC1CCC(NC(=O)c2ccc(-n3cnnn3)cc2)CC1. The van der Waals surface area contributed by atoms with Gasteiger partial charge in [-0.25, -0.2) is 4.68 Å². The topological polar surface area (TPSA) is 98.7 Å². The second kappa shape index (κ2) is 7.33. The standard InChI is InChI=1S/C14H18N6O.ClH/c15-11-3-5-12(6-4-11)17-14(21)10-1-7-13(8-2-10)20-9-16-18-19-20;/h1-2,7-9,11-12H,3-6,15H2,(H,17,21);1H. The molecule has 3 rings (SSSR count). The van der Waals surface area contributed by atoms with E-state index < -0.39 is 0 Å². The molecule has 0 bridgehead atoms. The van der Waals surface area contributed by atoms with Crippen LogP contribution in [0, 0.1) is 0 Å². The number of rotatable bonds is 3. The predicted molar refractivity (Wildman–Crippen MR) is 84.1 cm³/mol. The molecule has 1 aliphatic carbocycles. The minimum Gasteiger partial charge on any atom is -0.349 e. The molecule has 0 saturated heterocycles. The number of nitrogens with two attached hydrogens (primary N) is 1. The van der Waals surface area contributed by atoms with E-state index in [4.69, 9.17) is 5.73 Å². The van der Waals surface area contributed by atoms with Crippen LogP contribution < -0.4 is 11.1 Å². The number of nitrogens with one attached hydrogen (secondary N) is 1. The van der Waals surface area contributed by atoms with E-state index in [-0.39, 0.29) is 30.4 Å². The summed E-state index contributed by atoms with van der Waals surface area (Å²) in [6.45, 7) is 0. The molecule has 0 spiro atoms. The summed E-state index contributed by atoms with van der Waals surface area (Å²) in [6.07, 6.45) is 5.37. The molecule has 1 aromatic carbocycles. The Morgan fingerprint density at radius 3 is 2.45 bits per heavy atom. The summed E-state index contributed by atoms with van der Waals surface area (Å²) in [5.74, 6) is -0.0428. The van der Waals surface area contributed by atoms with Gasteiger partial charge in [0.2, 0.25) is 0 Å². The van der Waals surface area contributed by atoms with Crippen molar-refractivity contribution in [3.63, 3.8) is 0 Å². The van der Waals surface area contributed by atoms with Gasteiger partial charge in [0.05, 0.1) is 5.69 Å². The third kappa shape index (κ3) is 3.80. The Morgan fingerprint density at radius 2 is 1.86 bits per heavy atom. The third-order valence-electron chi connectivity index (χ3n) is 3.85. The molecule has 0 unspecified atom stereocenters. The van der Waals surface area contributed by atoms with Crippen LogP contribution in [0.3, 0.4) is 0 Å². The van der Waals surface area contributed by atoms with E-state index in [1.807, 2.05) is 12.1 Å². The highest BCUT2D eigenvalue weighted by atomic mass is 35.5. The van der Waals surface area contributed by atoms with Crippen molar-refractivity contribution in [1.29, 1.82) is 0 Å². The van der Waals surface area contributed by atoms with Crippen LogP contribution >= 0.6 is 12.4 Å². The number of hydrogen-bond donors (Lipinski definition) is 2. The minimum absolute atomic E-state index is 0. The van der Waals surface area contributed by atoms with Crippen LogP contribution in [-0.2, 0) is 0 Å². The van der Waals surface area contributed by atoms with Crippen LogP contribution in [0.15, 0.2) is 30.6 Å². The summed E-state index contributed by atoms with van der Waals surface area (Å²) in [7, 11) is 0. The average molecular weight is 323 g/mol. The second-order valence-corrected chi connectivity index (χ2v) is 5.39. The van der Waals surface area contributed by atoms with Crippen molar-refractivity contribution in [2.75, 3.05) is 0 Å². The zero-order chi connectivity index (χ0) is 14.7. The summed E-state index contributed by atoms with van der Waals surface area (Å²) in [5.41, 5.74) is 7.33. The normalized spacial score (nSPS) is 21.0. The smallest absolute Gasteiger partial charge is 0.251 e. The fourth-order valence-corrected chi connectivity index (χ4v) is 2.58. The molecule has 7 nitrogen and oxygen atoms in total. The highest BCUT2D eigenvalue weighted by molar-refractivity contribution is 5.94. The summed E-state index contributed by atoms with van der Waals surface area (Å²) >= 11 is 0. The number of tetrazole rings is 1. The van der Waals surface area contributed by atoms with E-state index in [2.05, 4.69) is 20.8 Å². The molecule has 1 amide bonds. The molecule has 1 aromatic heterocycles. The van der Waals surface area contributed by atoms with Crippen molar-refractivity contribution in [2.24, 2.45) is 5.73 Å². The molecule has 0 aliphatic heterocycles. The summed E-state index contributed by atoms with van der Waals surface area (Å²) in [5, 5.41) is 14.0. The third-order valence-corrected chi connectivity index (χ3v) is 3.85. The molecule has 8 heteroatoms. The Hall–Kier alpha value is -1.99. The fraction of sp³-hybridized carbons (Fsp3) is 0.429. The molecule has 2 aromatic rings. The Bertz CT molecular complexity index is 592. The van der Waals surface area contributed by atoms with Gasteiger partial charge >= 0.3 is 0 Å². The fourth-order valence-electron chi connectivity index (χ4n) is 2.58. The van der Waals surface area contributed by atoms with E-state index in [0.29, 0.717) is 5.56 Å². The number of aromatic nitrogens is 4. The molecule has 3 N–H and O–H groups in total. The highest BCUT2D eigenvalue weighted by Crippen LogP contribution is 2.17. The lowest BCUT2D eigenvalue weighted by molar-refractivity contribution is 0.0926. The van der Waals surface area contributed by atoms with Gasteiger partial charge in [-0.1, -0.05) is 0 Å². The lowest BCUT2D eigenvalue weighted by Crippen LogP contribution is -2.40. The van der Waals surface area contributed by atoms with Gasteiger partial charge < -0.3 is 11.1 Å². The maximum Gasteiger partial charge on any atom is 0.251 e. The van der Waals surface area contributed by atoms with Crippen LogP contribution in [0.1, 0.15) is 36.0 Å². The number of nitrogens with zero attached hydrogens (tertiary/aromatic N) is 4. The van der Waals surface area contributed by atoms with Crippen LogP contribution in [-0.4, -0.2) is 38.2 Å². The van der Waals surface area contributed by atoms with Crippen LogP contribution in [0.25, 0.3) is 5.69 Å². The highest BCUT2D eigenvalue weighted by Gasteiger charge is 2.20. The van der Waals surface area contributed by atoms with Crippen molar-refractivity contribution >= 4 is 18.3 Å². The molecule has 22 heavy (non-hydrogen) atoms. The monoisotopic (exact) mass is 322 g/mol. The maximum atomic E-state index is 12.2. The van der Waals surface area contributed by atoms with E-state index in [1.54, 1.807) is 16.8 Å². The van der Waals surface area contributed by atoms with Crippen LogP contribution in [0.5, 0.6) is 0 Å². The van der Waals surface area contributed by atoms with Crippen molar-refractivity contribution < 1.29 is 4.79 Å². The largest absolute Gasteiger partial charge is 0.349 e. The number of halogens is 1. The Morgan fingerprint density at radius 1 is 1.18 bits per heavy atom. The van der Waals surface area contributed by atoms with Gasteiger partial charge in [-0.15, -0.1) is 17.5 Å². The van der Waals surface area contributed by atoms with Gasteiger partial charge in [-0.05, 0) is 60.4 Å². The molecule has 1 saturated carbocycles. The van der Waals surface area contributed by atoms with E-state index in [0.717, 1.165) is 31.4 Å². The van der Waals surface area contributed by atoms with E-state index in [1.165, 1.54) is 6.33 Å². The van der Waals surface area contributed by atoms with Gasteiger partial charge in [0.1, 0.15) is 6.33 Å². The number of benzene rings is 1. The molecule has 1 fully saturated rings. The first kappa shape index (κ1) is 16.4. The van der Waals surface area contributed by atoms with Gasteiger partial charge in [0.15, 0.2) is 0 Å². The van der Waals surface area contributed by atoms with Gasteiger partial charge in [-0.2, -0.15) is 0 Å². The van der Waals surface area contributed by atoms with Crippen LogP contribution in [0.4, 0.5) is 0 Å². The lowest BCUT2D eigenvalue weighted by Gasteiger charge is -2.26. The number of carbonyl (C=O) groups is 1. The van der Waals surface area contributed by atoms with Gasteiger partial charge in [0.25, 0.3) is 5.91 Å². The quantitative estimate of drug-likeness (QED) is 0.881. The molecule has 0 radical (unpaired) electrons. The molecule has 1 heterocycles. The van der Waals surface area contributed by atoms with Crippen molar-refractivity contribution in [3.05, 3.63) is 36.2 Å². The zero-order valence-corrected chi connectivity index (χ0v) is 12.9.